The van der Waals surface area contributed by atoms with Crippen molar-refractivity contribution in [1.82, 2.24) is 0 Å². The minimum atomic E-state index is -4.09. The SMILES string of the molecule is CC(C)CCCCCCCCCC1=CC=CC(C)(S(=O)(=O)O)C1C. The molecule has 0 radical (unpaired) electrons. The second-order valence-electron chi connectivity index (χ2n) is 7.89. The topological polar surface area (TPSA) is 54.4 Å². The Balaban J connectivity index is 2.24. The molecule has 0 aromatic rings. The quantitative estimate of drug-likeness (QED) is 0.368. The first kappa shape index (κ1) is 21.4. The van der Waals surface area contributed by atoms with Gasteiger partial charge in [-0.25, -0.2) is 0 Å². The number of hydrogen-bond acceptors (Lipinski definition) is 2. The van der Waals surface area contributed by atoms with E-state index >= 15 is 0 Å². The smallest absolute Gasteiger partial charge is 0.274 e. The summed E-state index contributed by atoms with van der Waals surface area (Å²) in [5.41, 5.74) is 1.13. The van der Waals surface area contributed by atoms with Crippen LogP contribution in [0, 0.1) is 11.8 Å². The lowest BCUT2D eigenvalue weighted by Crippen LogP contribution is -2.41. The van der Waals surface area contributed by atoms with Gasteiger partial charge in [-0.3, -0.25) is 4.55 Å². The molecule has 3 nitrogen and oxygen atoms in total. The van der Waals surface area contributed by atoms with Gasteiger partial charge in [-0.1, -0.05) is 89.5 Å². The van der Waals surface area contributed by atoms with Gasteiger partial charge in [-0.15, -0.1) is 0 Å². The van der Waals surface area contributed by atoms with E-state index in [0.717, 1.165) is 24.3 Å². The lowest BCUT2D eigenvalue weighted by atomic mass is 9.81. The van der Waals surface area contributed by atoms with Crippen molar-refractivity contribution in [3.05, 3.63) is 23.8 Å². The van der Waals surface area contributed by atoms with E-state index in [4.69, 9.17) is 0 Å². The average molecular weight is 357 g/mol. The molecule has 140 valence electrons. The van der Waals surface area contributed by atoms with Crippen LogP contribution in [0.2, 0.25) is 0 Å². The first-order chi connectivity index (χ1) is 11.2. The van der Waals surface area contributed by atoms with Crippen molar-refractivity contribution in [2.75, 3.05) is 0 Å². The lowest BCUT2D eigenvalue weighted by Gasteiger charge is -2.33. The Labute approximate surface area is 149 Å². The van der Waals surface area contributed by atoms with Gasteiger partial charge in [0.2, 0.25) is 0 Å². The summed E-state index contributed by atoms with van der Waals surface area (Å²) in [6, 6.07) is 0. The summed E-state index contributed by atoms with van der Waals surface area (Å²) in [6.45, 7) is 8.07. The van der Waals surface area contributed by atoms with Gasteiger partial charge in [-0.2, -0.15) is 8.42 Å². The number of rotatable bonds is 11. The van der Waals surface area contributed by atoms with Crippen molar-refractivity contribution in [2.24, 2.45) is 11.8 Å². The highest BCUT2D eigenvalue weighted by Crippen LogP contribution is 2.37. The second-order valence-corrected chi connectivity index (χ2v) is 9.72. The Hall–Kier alpha value is -0.610. The van der Waals surface area contributed by atoms with E-state index in [0.29, 0.717) is 0 Å². The van der Waals surface area contributed by atoms with E-state index in [1.54, 1.807) is 19.1 Å². The molecule has 0 bridgehead atoms. The van der Waals surface area contributed by atoms with Crippen LogP contribution in [0.4, 0.5) is 0 Å². The molecule has 24 heavy (non-hydrogen) atoms. The van der Waals surface area contributed by atoms with Crippen LogP contribution >= 0.6 is 0 Å². The molecule has 1 N–H and O–H groups in total. The van der Waals surface area contributed by atoms with Gasteiger partial charge in [0, 0.05) is 5.92 Å². The minimum Gasteiger partial charge on any atom is -0.285 e. The molecule has 0 heterocycles. The van der Waals surface area contributed by atoms with Crippen LogP contribution in [0.15, 0.2) is 23.8 Å². The van der Waals surface area contributed by atoms with Gasteiger partial charge in [0.15, 0.2) is 0 Å². The molecule has 1 aliphatic rings. The lowest BCUT2D eigenvalue weighted by molar-refractivity contribution is 0.414. The van der Waals surface area contributed by atoms with Crippen molar-refractivity contribution >= 4 is 10.1 Å². The van der Waals surface area contributed by atoms with Crippen LogP contribution in [-0.2, 0) is 10.1 Å². The molecule has 0 aliphatic heterocycles. The van der Waals surface area contributed by atoms with Gasteiger partial charge < -0.3 is 0 Å². The predicted octanol–water partition coefficient (Wildman–Crippen LogP) is 5.93. The molecule has 0 saturated heterocycles. The molecular weight excluding hydrogens is 320 g/mol. The number of unbranched alkanes of at least 4 members (excludes halogenated alkanes) is 6. The molecule has 0 spiro atoms. The highest BCUT2D eigenvalue weighted by molar-refractivity contribution is 7.87. The Bertz CT molecular complexity index is 531. The fourth-order valence-corrected chi connectivity index (χ4v) is 4.24. The van der Waals surface area contributed by atoms with E-state index < -0.39 is 14.9 Å². The summed E-state index contributed by atoms with van der Waals surface area (Å²) < 4.78 is 31.7. The zero-order valence-corrected chi connectivity index (χ0v) is 16.7. The van der Waals surface area contributed by atoms with Crippen molar-refractivity contribution in [1.29, 1.82) is 0 Å². The van der Waals surface area contributed by atoms with Crippen LogP contribution in [-0.4, -0.2) is 17.7 Å². The molecule has 0 fully saturated rings. The maximum atomic E-state index is 11.7. The second kappa shape index (κ2) is 9.76. The van der Waals surface area contributed by atoms with E-state index in [1.807, 2.05) is 13.0 Å². The fraction of sp³-hybridized carbons (Fsp3) is 0.800. The molecule has 0 aromatic carbocycles. The average Bonchev–Trinajstić information content (AvgIpc) is 2.48. The minimum absolute atomic E-state index is 0.173. The Morgan fingerprint density at radius 3 is 2.17 bits per heavy atom. The largest absolute Gasteiger partial charge is 0.285 e. The molecule has 0 amide bonds. The summed E-state index contributed by atoms with van der Waals surface area (Å²) in [5.74, 6) is 0.645. The van der Waals surface area contributed by atoms with Crippen LogP contribution in [0.5, 0.6) is 0 Å². The molecule has 2 unspecified atom stereocenters. The van der Waals surface area contributed by atoms with Crippen LogP contribution in [0.1, 0.15) is 85.5 Å². The number of allylic oxidation sites excluding steroid dienone is 3. The Morgan fingerprint density at radius 1 is 1.08 bits per heavy atom. The zero-order valence-electron chi connectivity index (χ0n) is 15.9. The van der Waals surface area contributed by atoms with E-state index in [1.165, 1.54) is 44.9 Å². The summed E-state index contributed by atoms with van der Waals surface area (Å²) >= 11 is 0. The number of hydrogen-bond donors (Lipinski definition) is 1. The molecule has 0 saturated carbocycles. The van der Waals surface area contributed by atoms with Crippen LogP contribution in [0.3, 0.4) is 0 Å². The third kappa shape index (κ3) is 6.36. The van der Waals surface area contributed by atoms with E-state index in [9.17, 15) is 13.0 Å². The van der Waals surface area contributed by atoms with Crippen LogP contribution in [0.25, 0.3) is 0 Å². The van der Waals surface area contributed by atoms with Gasteiger partial charge in [-0.05, 0) is 25.7 Å². The molecule has 1 aliphatic carbocycles. The van der Waals surface area contributed by atoms with E-state index in [-0.39, 0.29) is 5.92 Å². The maximum absolute atomic E-state index is 11.7. The molecule has 4 heteroatoms. The fourth-order valence-electron chi connectivity index (χ4n) is 3.39. The van der Waals surface area contributed by atoms with Crippen LogP contribution < -0.4 is 0 Å². The molecule has 2 atom stereocenters. The highest BCUT2D eigenvalue weighted by Gasteiger charge is 2.43. The normalized spacial score (nSPS) is 24.4. The summed E-state index contributed by atoms with van der Waals surface area (Å²) in [4.78, 5) is 0. The predicted molar refractivity (Wildman–Crippen MR) is 103 cm³/mol. The molecule has 1 rings (SSSR count). The Morgan fingerprint density at radius 2 is 1.62 bits per heavy atom. The van der Waals surface area contributed by atoms with Gasteiger partial charge in [0.25, 0.3) is 10.1 Å². The summed E-state index contributed by atoms with van der Waals surface area (Å²) in [6.07, 6.45) is 16.5. The third-order valence-electron chi connectivity index (χ3n) is 5.46. The van der Waals surface area contributed by atoms with Crippen molar-refractivity contribution in [2.45, 2.75) is 90.2 Å². The van der Waals surface area contributed by atoms with Gasteiger partial charge in [0.1, 0.15) is 4.75 Å². The van der Waals surface area contributed by atoms with E-state index in [2.05, 4.69) is 13.8 Å². The third-order valence-corrected chi connectivity index (χ3v) is 7.06. The summed E-state index contributed by atoms with van der Waals surface area (Å²) in [5, 5.41) is 0. The maximum Gasteiger partial charge on any atom is 0.274 e. The Kier molecular flexibility index (Phi) is 8.72. The first-order valence-electron chi connectivity index (χ1n) is 9.54. The van der Waals surface area contributed by atoms with Gasteiger partial charge in [0.05, 0.1) is 0 Å². The van der Waals surface area contributed by atoms with Gasteiger partial charge >= 0.3 is 0 Å². The highest BCUT2D eigenvalue weighted by atomic mass is 32.2. The summed E-state index contributed by atoms with van der Waals surface area (Å²) in [7, 11) is -4.09. The van der Waals surface area contributed by atoms with Crippen molar-refractivity contribution in [3.8, 4) is 0 Å². The zero-order chi connectivity index (χ0) is 18.2. The monoisotopic (exact) mass is 356 g/mol. The standard InChI is InChI=1S/C20H36O3S/c1-17(2)13-10-8-6-5-7-9-11-14-19-15-12-16-20(4,18(19)3)24(21,22)23/h12,15-18H,5-11,13-14H2,1-4H3,(H,21,22,23). The first-order valence-corrected chi connectivity index (χ1v) is 11.0. The molecule has 0 aromatic heterocycles. The molecular formula is C20H36O3S. The van der Waals surface area contributed by atoms with Crippen molar-refractivity contribution < 1.29 is 13.0 Å². The van der Waals surface area contributed by atoms with Crippen molar-refractivity contribution in [3.63, 3.8) is 0 Å².